The molecule has 0 saturated heterocycles. The molecule has 1 amide bonds. The van der Waals surface area contributed by atoms with Crippen LogP contribution in [0, 0.1) is 0 Å². The van der Waals surface area contributed by atoms with E-state index >= 15 is 0 Å². The zero-order valence-corrected chi connectivity index (χ0v) is 9.17. The number of aromatic nitrogens is 1. The van der Waals surface area contributed by atoms with Gasteiger partial charge in [0.05, 0.1) is 4.47 Å². The van der Waals surface area contributed by atoms with Crippen LogP contribution in [0.1, 0.15) is 0 Å². The Balaban J connectivity index is 3.09. The van der Waals surface area contributed by atoms with Crippen molar-refractivity contribution in [1.82, 2.24) is 9.88 Å². The Bertz CT molecular complexity index is 414. The van der Waals surface area contributed by atoms with E-state index in [1.165, 1.54) is 23.9 Å². The summed E-state index contributed by atoms with van der Waals surface area (Å²) in [6.07, 6.45) is 1.43. The molecule has 76 valence electrons. The first-order valence-corrected chi connectivity index (χ1v) is 4.70. The molecule has 0 atom stereocenters. The highest BCUT2D eigenvalue weighted by Gasteiger charge is 2.05. The minimum absolute atomic E-state index is 0.0288. The largest absolute Gasteiger partial charge is 0.398 e. The Morgan fingerprint density at radius 3 is 2.93 bits per heavy atom. The van der Waals surface area contributed by atoms with Gasteiger partial charge in [0, 0.05) is 18.9 Å². The molecule has 0 spiro atoms. The molecule has 3 N–H and O–H groups in total. The highest BCUT2D eigenvalue weighted by Crippen LogP contribution is 2.07. The van der Waals surface area contributed by atoms with E-state index in [2.05, 4.69) is 21.2 Å². The minimum Gasteiger partial charge on any atom is -0.398 e. The normalized spacial score (nSPS) is 9.86. The Hall–Kier alpha value is -1.30. The zero-order chi connectivity index (χ0) is 10.7. The van der Waals surface area contributed by atoms with Crippen LogP contribution in [0.15, 0.2) is 21.5 Å². The number of nitrogens with one attached hydrogen (secondary N) is 1. The molecule has 1 aromatic rings. The molecule has 14 heavy (non-hydrogen) atoms. The van der Waals surface area contributed by atoms with Crippen molar-refractivity contribution in [1.29, 1.82) is 0 Å². The van der Waals surface area contributed by atoms with Gasteiger partial charge < -0.3 is 15.6 Å². The molecule has 1 heterocycles. The number of hydrogen-bond donors (Lipinski definition) is 2. The number of anilines is 1. The molecule has 5 nitrogen and oxygen atoms in total. The van der Waals surface area contributed by atoms with Crippen LogP contribution in [-0.4, -0.2) is 17.5 Å². The number of likely N-dealkylation sites (N-methyl/N-ethyl adjacent to an activating group) is 1. The second kappa shape index (κ2) is 4.28. The standard InChI is InChI=1S/C8H10BrN3O2/c1-11-7(13)4-12-3-5(10)2-6(9)8(12)14/h2-3H,4,10H2,1H3,(H,11,13). The Morgan fingerprint density at radius 1 is 1.71 bits per heavy atom. The maximum atomic E-state index is 11.5. The molecule has 0 aliphatic heterocycles. The molecule has 1 aromatic heterocycles. The molecule has 0 aliphatic carbocycles. The number of carbonyl (C=O) groups is 1. The lowest BCUT2D eigenvalue weighted by molar-refractivity contribution is -0.121. The highest BCUT2D eigenvalue weighted by molar-refractivity contribution is 9.10. The van der Waals surface area contributed by atoms with Crippen molar-refractivity contribution in [2.75, 3.05) is 12.8 Å². The van der Waals surface area contributed by atoms with E-state index in [9.17, 15) is 9.59 Å². The second-order valence-corrected chi connectivity index (χ2v) is 3.58. The third-order valence-electron chi connectivity index (χ3n) is 1.66. The Morgan fingerprint density at radius 2 is 2.36 bits per heavy atom. The van der Waals surface area contributed by atoms with Gasteiger partial charge in [-0.15, -0.1) is 0 Å². The molecule has 0 fully saturated rings. The Kier molecular flexibility index (Phi) is 3.29. The number of pyridine rings is 1. The van der Waals surface area contributed by atoms with Crippen molar-refractivity contribution in [3.05, 3.63) is 27.1 Å². The van der Waals surface area contributed by atoms with Crippen LogP contribution in [0.25, 0.3) is 0 Å². The molecular formula is C8H10BrN3O2. The maximum absolute atomic E-state index is 11.5. The van der Waals surface area contributed by atoms with Crippen molar-refractivity contribution in [3.63, 3.8) is 0 Å². The van der Waals surface area contributed by atoms with Crippen molar-refractivity contribution in [2.45, 2.75) is 6.54 Å². The molecule has 6 heteroatoms. The number of nitrogens with zero attached hydrogens (tertiary/aromatic N) is 1. The first-order valence-electron chi connectivity index (χ1n) is 3.90. The van der Waals surface area contributed by atoms with Gasteiger partial charge in [-0.05, 0) is 22.0 Å². The van der Waals surface area contributed by atoms with Gasteiger partial charge in [-0.2, -0.15) is 0 Å². The van der Waals surface area contributed by atoms with Crippen LogP contribution < -0.4 is 16.6 Å². The number of amides is 1. The van der Waals surface area contributed by atoms with Crippen LogP contribution in [0.5, 0.6) is 0 Å². The summed E-state index contributed by atoms with van der Waals surface area (Å²) in [6.45, 7) is -0.0288. The fourth-order valence-corrected chi connectivity index (χ4v) is 1.46. The number of nitrogens with two attached hydrogens (primary N) is 1. The fourth-order valence-electron chi connectivity index (χ4n) is 0.972. The van der Waals surface area contributed by atoms with Crippen molar-refractivity contribution < 1.29 is 4.79 Å². The first kappa shape index (κ1) is 10.8. The number of nitrogen functional groups attached to an aromatic ring is 1. The third-order valence-corrected chi connectivity index (χ3v) is 2.22. The fraction of sp³-hybridized carbons (Fsp3) is 0.250. The maximum Gasteiger partial charge on any atom is 0.265 e. The van der Waals surface area contributed by atoms with Crippen LogP contribution in [0.2, 0.25) is 0 Å². The van der Waals surface area contributed by atoms with Crippen LogP contribution in [-0.2, 0) is 11.3 Å². The van der Waals surface area contributed by atoms with Gasteiger partial charge in [0.2, 0.25) is 5.91 Å². The SMILES string of the molecule is CNC(=O)Cn1cc(N)cc(Br)c1=O. The van der Waals surface area contributed by atoms with Gasteiger partial charge in [0.1, 0.15) is 6.54 Å². The molecule has 0 aliphatic rings. The predicted molar refractivity (Wildman–Crippen MR) is 56.9 cm³/mol. The van der Waals surface area contributed by atoms with Gasteiger partial charge in [-0.3, -0.25) is 9.59 Å². The molecule has 0 bridgehead atoms. The molecule has 1 rings (SSSR count). The van der Waals surface area contributed by atoms with E-state index < -0.39 is 0 Å². The van der Waals surface area contributed by atoms with Crippen molar-refractivity contribution >= 4 is 27.5 Å². The topological polar surface area (TPSA) is 77.1 Å². The van der Waals surface area contributed by atoms with E-state index in [1.54, 1.807) is 0 Å². The smallest absolute Gasteiger partial charge is 0.265 e. The van der Waals surface area contributed by atoms with Crippen molar-refractivity contribution in [2.24, 2.45) is 0 Å². The average molecular weight is 260 g/mol. The monoisotopic (exact) mass is 259 g/mol. The van der Waals surface area contributed by atoms with E-state index in [4.69, 9.17) is 5.73 Å². The average Bonchev–Trinajstić information content (AvgIpc) is 2.13. The van der Waals surface area contributed by atoms with E-state index in [1.807, 2.05) is 0 Å². The zero-order valence-electron chi connectivity index (χ0n) is 7.58. The minimum atomic E-state index is -0.275. The number of carbonyl (C=O) groups excluding carboxylic acids is 1. The van der Waals surface area contributed by atoms with E-state index in [-0.39, 0.29) is 18.0 Å². The molecule has 0 aromatic carbocycles. The summed E-state index contributed by atoms with van der Waals surface area (Å²) in [6, 6.07) is 1.50. The first-order chi connectivity index (χ1) is 6.54. The molecule has 0 radical (unpaired) electrons. The number of hydrogen-bond acceptors (Lipinski definition) is 3. The Labute approximate surface area is 89.0 Å². The number of rotatable bonds is 2. The second-order valence-electron chi connectivity index (χ2n) is 2.73. The number of halogens is 1. The molecular weight excluding hydrogens is 250 g/mol. The van der Waals surface area contributed by atoms with Crippen LogP contribution in [0.3, 0.4) is 0 Å². The highest BCUT2D eigenvalue weighted by atomic mass is 79.9. The van der Waals surface area contributed by atoms with E-state index in [0.717, 1.165) is 0 Å². The lowest BCUT2D eigenvalue weighted by atomic mass is 10.4. The summed E-state index contributed by atoms with van der Waals surface area (Å²) in [4.78, 5) is 22.5. The lowest BCUT2D eigenvalue weighted by Gasteiger charge is -2.06. The van der Waals surface area contributed by atoms with Gasteiger partial charge >= 0.3 is 0 Å². The predicted octanol–water partition coefficient (Wildman–Crippen LogP) is -0.0610. The summed E-state index contributed by atoms with van der Waals surface area (Å²) in [7, 11) is 1.51. The van der Waals surface area contributed by atoms with Crippen LogP contribution >= 0.6 is 15.9 Å². The van der Waals surface area contributed by atoms with Gasteiger partial charge in [0.25, 0.3) is 5.56 Å². The molecule has 0 saturated carbocycles. The lowest BCUT2D eigenvalue weighted by Crippen LogP contribution is -2.30. The molecule has 0 unspecified atom stereocenters. The summed E-state index contributed by atoms with van der Waals surface area (Å²) in [5.41, 5.74) is 5.68. The van der Waals surface area contributed by atoms with Crippen molar-refractivity contribution in [3.8, 4) is 0 Å². The van der Waals surface area contributed by atoms with Crippen LogP contribution in [0.4, 0.5) is 5.69 Å². The quantitative estimate of drug-likeness (QED) is 0.782. The third kappa shape index (κ3) is 2.35. The summed E-state index contributed by atoms with van der Waals surface area (Å²) < 4.78 is 1.60. The summed E-state index contributed by atoms with van der Waals surface area (Å²) in [5.74, 6) is -0.246. The summed E-state index contributed by atoms with van der Waals surface area (Å²) >= 11 is 3.06. The van der Waals surface area contributed by atoms with Gasteiger partial charge in [-0.1, -0.05) is 0 Å². The van der Waals surface area contributed by atoms with Gasteiger partial charge in [-0.25, -0.2) is 0 Å². The van der Waals surface area contributed by atoms with Gasteiger partial charge in [0.15, 0.2) is 0 Å². The summed E-state index contributed by atoms with van der Waals surface area (Å²) in [5, 5.41) is 2.42. The van der Waals surface area contributed by atoms with E-state index in [0.29, 0.717) is 10.2 Å².